The Morgan fingerprint density at radius 1 is 1.05 bits per heavy atom. The number of nitrogens with zero attached hydrogens (tertiary/aromatic N) is 6. The second kappa shape index (κ2) is 9.41. The summed E-state index contributed by atoms with van der Waals surface area (Å²) in [6.07, 6.45) is 0.643. The molecule has 4 heterocycles. The zero-order valence-electron chi connectivity index (χ0n) is 22.0. The van der Waals surface area contributed by atoms with Gasteiger partial charge in [-0.25, -0.2) is 4.98 Å². The van der Waals surface area contributed by atoms with Crippen molar-refractivity contribution in [2.45, 2.75) is 52.9 Å². The summed E-state index contributed by atoms with van der Waals surface area (Å²) in [4.78, 5) is 24.6. The van der Waals surface area contributed by atoms with E-state index in [1.54, 1.807) is 23.2 Å². The molecule has 0 saturated heterocycles. The molecule has 4 aromatic rings. The van der Waals surface area contributed by atoms with Crippen LogP contribution in [0.5, 0.6) is 0 Å². The SMILES string of the molecule is Cc1cc(C)nc([C@@H](C)N2CCc3c(cc(Cn4ccnc4C)cc3-c3cn(C)nc3C(F)(F)F)C2=O)c1. The fourth-order valence-electron chi connectivity index (χ4n) is 5.29. The van der Waals surface area contributed by atoms with Gasteiger partial charge in [0.05, 0.1) is 11.7 Å². The Morgan fingerprint density at radius 3 is 2.45 bits per heavy atom. The van der Waals surface area contributed by atoms with Crippen molar-refractivity contribution in [1.82, 2.24) is 29.2 Å². The van der Waals surface area contributed by atoms with Gasteiger partial charge in [0.1, 0.15) is 5.82 Å². The van der Waals surface area contributed by atoms with Crippen LogP contribution in [-0.4, -0.2) is 41.7 Å². The van der Waals surface area contributed by atoms with Gasteiger partial charge in [0, 0.05) is 55.5 Å². The van der Waals surface area contributed by atoms with E-state index in [1.807, 2.05) is 50.6 Å². The van der Waals surface area contributed by atoms with Crippen LogP contribution in [-0.2, 0) is 26.2 Å². The third-order valence-electron chi connectivity index (χ3n) is 7.08. The second-order valence-corrected chi connectivity index (χ2v) is 9.97. The number of fused-ring (bicyclic) bond motifs is 1. The average molecular weight is 523 g/mol. The van der Waals surface area contributed by atoms with Gasteiger partial charge in [-0.1, -0.05) is 0 Å². The lowest BCUT2D eigenvalue weighted by atomic mass is 9.87. The first-order valence-corrected chi connectivity index (χ1v) is 12.4. The molecular weight excluding hydrogens is 493 g/mol. The first-order valence-electron chi connectivity index (χ1n) is 12.4. The van der Waals surface area contributed by atoms with Gasteiger partial charge in [-0.05, 0) is 80.6 Å². The Hall–Kier alpha value is -3.95. The van der Waals surface area contributed by atoms with Crippen molar-refractivity contribution in [1.29, 1.82) is 0 Å². The van der Waals surface area contributed by atoms with Crippen molar-refractivity contribution in [3.8, 4) is 11.1 Å². The smallest absolute Gasteiger partial charge is 0.331 e. The van der Waals surface area contributed by atoms with Crippen LogP contribution in [0.4, 0.5) is 13.2 Å². The predicted molar refractivity (Wildman–Crippen MR) is 137 cm³/mol. The zero-order chi connectivity index (χ0) is 27.4. The molecule has 1 aromatic carbocycles. The third kappa shape index (κ3) is 4.70. The van der Waals surface area contributed by atoms with Crippen molar-refractivity contribution < 1.29 is 18.0 Å². The van der Waals surface area contributed by atoms with Crippen LogP contribution < -0.4 is 0 Å². The lowest BCUT2D eigenvalue weighted by Crippen LogP contribution is -2.40. The molecule has 198 valence electrons. The highest BCUT2D eigenvalue weighted by Crippen LogP contribution is 2.40. The van der Waals surface area contributed by atoms with Crippen LogP contribution in [0.2, 0.25) is 0 Å². The number of carbonyl (C=O) groups excluding carboxylic acids is 1. The number of benzene rings is 1. The van der Waals surface area contributed by atoms with E-state index in [2.05, 4.69) is 15.1 Å². The number of rotatable bonds is 5. The van der Waals surface area contributed by atoms with Crippen molar-refractivity contribution in [2.75, 3.05) is 6.54 Å². The Balaban J connectivity index is 1.64. The van der Waals surface area contributed by atoms with Crippen molar-refractivity contribution in [3.05, 3.63) is 88.0 Å². The van der Waals surface area contributed by atoms with E-state index < -0.39 is 11.9 Å². The molecule has 3 aromatic heterocycles. The minimum Gasteiger partial charge on any atom is -0.331 e. The monoisotopic (exact) mass is 522 g/mol. The molecule has 38 heavy (non-hydrogen) atoms. The summed E-state index contributed by atoms with van der Waals surface area (Å²) in [5.41, 5.74) is 3.85. The number of hydrogen-bond acceptors (Lipinski definition) is 4. The maximum Gasteiger partial charge on any atom is 0.435 e. The molecule has 10 heteroatoms. The number of pyridine rings is 1. The molecule has 0 aliphatic carbocycles. The molecule has 1 aliphatic rings. The number of imidazole rings is 1. The summed E-state index contributed by atoms with van der Waals surface area (Å²) in [5.74, 6) is 0.548. The summed E-state index contributed by atoms with van der Waals surface area (Å²) in [7, 11) is 1.47. The number of amides is 1. The fourth-order valence-corrected chi connectivity index (χ4v) is 5.29. The van der Waals surface area contributed by atoms with E-state index in [-0.39, 0.29) is 17.5 Å². The van der Waals surface area contributed by atoms with Crippen molar-refractivity contribution in [2.24, 2.45) is 7.05 Å². The van der Waals surface area contributed by atoms with E-state index in [9.17, 15) is 18.0 Å². The summed E-state index contributed by atoms with van der Waals surface area (Å²) in [5, 5.41) is 3.72. The molecular formula is C28H29F3N6O. The highest BCUT2D eigenvalue weighted by atomic mass is 19.4. The van der Waals surface area contributed by atoms with Gasteiger partial charge < -0.3 is 9.47 Å². The Morgan fingerprint density at radius 2 is 1.79 bits per heavy atom. The maximum atomic E-state index is 14.0. The highest BCUT2D eigenvalue weighted by molar-refractivity contribution is 5.99. The van der Waals surface area contributed by atoms with Crippen LogP contribution in [0.3, 0.4) is 0 Å². The Bertz CT molecular complexity index is 1510. The van der Waals surface area contributed by atoms with Crippen LogP contribution in [0.15, 0.2) is 42.9 Å². The molecule has 0 unspecified atom stereocenters. The van der Waals surface area contributed by atoms with Gasteiger partial charge in [-0.3, -0.25) is 14.5 Å². The number of alkyl halides is 3. The topological polar surface area (TPSA) is 68.8 Å². The summed E-state index contributed by atoms with van der Waals surface area (Å²) < 4.78 is 45.0. The number of aromatic nitrogens is 5. The fraction of sp³-hybridized carbons (Fsp3) is 0.357. The molecule has 5 rings (SSSR count). The number of hydrogen-bond donors (Lipinski definition) is 0. The van der Waals surface area contributed by atoms with E-state index in [1.165, 1.54) is 17.9 Å². The average Bonchev–Trinajstić information content (AvgIpc) is 3.43. The minimum atomic E-state index is -4.63. The first-order chi connectivity index (χ1) is 17.9. The summed E-state index contributed by atoms with van der Waals surface area (Å²) in [6, 6.07) is 7.21. The van der Waals surface area contributed by atoms with Crippen LogP contribution in [0.1, 0.15) is 62.9 Å². The van der Waals surface area contributed by atoms with Crippen LogP contribution in [0.25, 0.3) is 11.1 Å². The Labute approximate surface area is 218 Å². The number of aryl methyl sites for hydroxylation is 4. The van der Waals surface area contributed by atoms with Crippen molar-refractivity contribution in [3.63, 3.8) is 0 Å². The predicted octanol–water partition coefficient (Wildman–Crippen LogP) is 5.43. The summed E-state index contributed by atoms with van der Waals surface area (Å²) in [6.45, 7) is 8.44. The molecule has 1 aliphatic heterocycles. The second-order valence-electron chi connectivity index (χ2n) is 9.97. The molecule has 0 N–H and O–H groups in total. The lowest BCUT2D eigenvalue weighted by Gasteiger charge is -2.35. The van der Waals surface area contributed by atoms with Crippen LogP contribution in [0, 0.1) is 20.8 Å². The molecule has 1 atom stereocenters. The highest BCUT2D eigenvalue weighted by Gasteiger charge is 2.39. The molecule has 1 amide bonds. The molecule has 0 radical (unpaired) electrons. The quantitative estimate of drug-likeness (QED) is 0.351. The zero-order valence-corrected chi connectivity index (χ0v) is 22.0. The molecule has 0 fully saturated rings. The van der Waals surface area contributed by atoms with E-state index in [0.29, 0.717) is 41.8 Å². The van der Waals surface area contributed by atoms with E-state index in [0.717, 1.165) is 22.8 Å². The number of carbonyl (C=O) groups is 1. The van der Waals surface area contributed by atoms with Gasteiger partial charge >= 0.3 is 6.18 Å². The molecule has 7 nitrogen and oxygen atoms in total. The standard InChI is InChI=1S/C28H29F3N6O/c1-16-10-17(2)33-25(11-16)18(3)37-8-6-21-22(24-15-35(5)34-26(24)28(29,30)31)12-20(13-23(21)27(37)38)14-36-9-7-32-19(36)4/h7,9-13,15,18H,6,8,14H2,1-5H3/t18-/m1/s1. The van der Waals surface area contributed by atoms with Crippen molar-refractivity contribution >= 4 is 5.91 Å². The lowest BCUT2D eigenvalue weighted by molar-refractivity contribution is -0.140. The maximum absolute atomic E-state index is 14.0. The van der Waals surface area contributed by atoms with Gasteiger partial charge in [0.25, 0.3) is 5.91 Å². The van der Waals surface area contributed by atoms with Gasteiger partial charge in [0.15, 0.2) is 5.69 Å². The minimum absolute atomic E-state index is 0.0225. The van der Waals surface area contributed by atoms with Crippen LogP contribution >= 0.6 is 0 Å². The number of halogens is 3. The molecule has 0 spiro atoms. The Kier molecular flexibility index (Phi) is 6.36. The first kappa shape index (κ1) is 25.7. The molecule has 0 bridgehead atoms. The van der Waals surface area contributed by atoms with Gasteiger partial charge in [0.2, 0.25) is 0 Å². The van der Waals surface area contributed by atoms with E-state index >= 15 is 0 Å². The third-order valence-corrected chi connectivity index (χ3v) is 7.08. The normalized spacial score (nSPS) is 14.6. The summed E-state index contributed by atoms with van der Waals surface area (Å²) >= 11 is 0. The largest absolute Gasteiger partial charge is 0.435 e. The molecule has 0 saturated carbocycles. The van der Waals surface area contributed by atoms with E-state index in [4.69, 9.17) is 0 Å². The van der Waals surface area contributed by atoms with Gasteiger partial charge in [-0.15, -0.1) is 0 Å². The van der Waals surface area contributed by atoms with Gasteiger partial charge in [-0.2, -0.15) is 18.3 Å².